The maximum absolute atomic E-state index is 4.50. The van der Waals surface area contributed by atoms with Gasteiger partial charge in [0.15, 0.2) is 5.82 Å². The molecule has 5 nitrogen and oxygen atoms in total. The van der Waals surface area contributed by atoms with Crippen molar-refractivity contribution in [2.24, 2.45) is 0 Å². The molecule has 90 valence electrons. The highest BCUT2D eigenvalue weighted by atomic mass is 127. The molecule has 0 atom stereocenters. The molecule has 3 aromatic heterocycles. The van der Waals surface area contributed by atoms with Crippen LogP contribution in [0.25, 0.3) is 17.2 Å². The lowest BCUT2D eigenvalue weighted by Gasteiger charge is -2.02. The van der Waals surface area contributed by atoms with E-state index in [4.69, 9.17) is 0 Å². The summed E-state index contributed by atoms with van der Waals surface area (Å²) in [6.45, 7) is 0. The summed E-state index contributed by atoms with van der Waals surface area (Å²) < 4.78 is 2.94. The zero-order chi connectivity index (χ0) is 12.5. The lowest BCUT2D eigenvalue weighted by atomic mass is 10.4. The highest BCUT2D eigenvalue weighted by Crippen LogP contribution is 2.19. The number of nitrogens with zero attached hydrogens (tertiary/aromatic N) is 4. The first kappa shape index (κ1) is 11.4. The molecule has 0 bridgehead atoms. The first-order valence-electron chi connectivity index (χ1n) is 5.42. The summed E-state index contributed by atoms with van der Waals surface area (Å²) >= 11 is 2.20. The lowest BCUT2D eigenvalue weighted by Crippen LogP contribution is -1.99. The van der Waals surface area contributed by atoms with Gasteiger partial charge < -0.3 is 9.72 Å². The molecular formula is C12H10IN5. The van der Waals surface area contributed by atoms with E-state index in [0.717, 1.165) is 20.7 Å². The third-order valence-electron chi connectivity index (χ3n) is 2.57. The molecule has 0 spiro atoms. The predicted molar refractivity (Wildman–Crippen MR) is 78.5 cm³/mol. The van der Waals surface area contributed by atoms with Crippen molar-refractivity contribution in [2.75, 3.05) is 12.4 Å². The van der Waals surface area contributed by atoms with Crippen molar-refractivity contribution in [3.05, 3.63) is 40.4 Å². The van der Waals surface area contributed by atoms with Crippen LogP contribution in [0.5, 0.6) is 0 Å². The highest BCUT2D eigenvalue weighted by Gasteiger charge is 2.09. The Kier molecular flexibility index (Phi) is 2.86. The zero-order valence-electron chi connectivity index (χ0n) is 9.63. The van der Waals surface area contributed by atoms with Crippen LogP contribution < -0.4 is 5.32 Å². The van der Waals surface area contributed by atoms with Crippen LogP contribution >= 0.6 is 22.6 Å². The number of imidazole rings is 1. The van der Waals surface area contributed by atoms with Gasteiger partial charge in [0.2, 0.25) is 0 Å². The van der Waals surface area contributed by atoms with Gasteiger partial charge in [-0.15, -0.1) is 0 Å². The quantitative estimate of drug-likeness (QED) is 0.721. The van der Waals surface area contributed by atoms with Gasteiger partial charge in [-0.2, -0.15) is 0 Å². The topological polar surface area (TPSA) is 55.1 Å². The third kappa shape index (κ3) is 1.92. The molecule has 1 N–H and O–H groups in total. The second kappa shape index (κ2) is 4.52. The molecular weight excluding hydrogens is 341 g/mol. The predicted octanol–water partition coefficient (Wildman–Crippen LogP) is 2.44. The minimum absolute atomic E-state index is 0.628. The van der Waals surface area contributed by atoms with Gasteiger partial charge in [0.25, 0.3) is 0 Å². The van der Waals surface area contributed by atoms with Gasteiger partial charge in [0.05, 0.1) is 3.57 Å². The van der Waals surface area contributed by atoms with E-state index >= 15 is 0 Å². The number of hydrogen-bond donors (Lipinski definition) is 1. The summed E-state index contributed by atoms with van der Waals surface area (Å²) in [5.74, 6) is 1.45. The normalized spacial score (nSPS) is 10.8. The Labute approximate surface area is 117 Å². The molecule has 0 aliphatic heterocycles. The largest absolute Gasteiger partial charge is 0.372 e. The molecule has 18 heavy (non-hydrogen) atoms. The van der Waals surface area contributed by atoms with Crippen molar-refractivity contribution in [1.29, 1.82) is 0 Å². The van der Waals surface area contributed by atoms with Crippen LogP contribution in [0.15, 0.2) is 36.8 Å². The van der Waals surface area contributed by atoms with E-state index in [1.807, 2.05) is 42.0 Å². The molecule has 0 aromatic carbocycles. The molecule has 6 heteroatoms. The van der Waals surface area contributed by atoms with Crippen LogP contribution in [-0.4, -0.2) is 26.4 Å². The second-order valence-electron chi connectivity index (χ2n) is 3.73. The number of aromatic nitrogens is 4. The van der Waals surface area contributed by atoms with Gasteiger partial charge in [-0.25, -0.2) is 15.0 Å². The number of hydrogen-bond acceptors (Lipinski definition) is 4. The van der Waals surface area contributed by atoms with Gasteiger partial charge in [-0.1, -0.05) is 6.07 Å². The van der Waals surface area contributed by atoms with Crippen LogP contribution in [0.3, 0.4) is 0 Å². The van der Waals surface area contributed by atoms with Crippen LogP contribution in [0.2, 0.25) is 0 Å². The molecule has 3 heterocycles. The van der Waals surface area contributed by atoms with E-state index < -0.39 is 0 Å². The number of fused-ring (bicyclic) bond motifs is 1. The number of pyridine rings is 1. The summed E-state index contributed by atoms with van der Waals surface area (Å²) in [5.41, 5.74) is 1.66. The fourth-order valence-electron chi connectivity index (χ4n) is 1.71. The van der Waals surface area contributed by atoms with E-state index in [9.17, 15) is 0 Å². The van der Waals surface area contributed by atoms with Crippen molar-refractivity contribution in [3.63, 3.8) is 0 Å². The van der Waals surface area contributed by atoms with Gasteiger partial charge in [0, 0.05) is 25.6 Å². The Bertz CT molecular complexity index is 674. The van der Waals surface area contributed by atoms with Crippen LogP contribution in [0.4, 0.5) is 5.82 Å². The summed E-state index contributed by atoms with van der Waals surface area (Å²) in [6, 6.07) is 5.88. The van der Waals surface area contributed by atoms with Gasteiger partial charge in [0.1, 0.15) is 17.2 Å². The number of rotatable bonds is 2. The molecule has 0 radical (unpaired) electrons. The van der Waals surface area contributed by atoms with Gasteiger partial charge >= 0.3 is 0 Å². The summed E-state index contributed by atoms with van der Waals surface area (Å²) in [6.07, 6.45) is 5.67. The zero-order valence-corrected chi connectivity index (χ0v) is 11.8. The van der Waals surface area contributed by atoms with E-state index in [-0.39, 0.29) is 0 Å². The second-order valence-corrected chi connectivity index (χ2v) is 4.89. The average Bonchev–Trinajstić information content (AvgIpc) is 2.83. The summed E-state index contributed by atoms with van der Waals surface area (Å²) in [7, 11) is 1.85. The minimum atomic E-state index is 0.628. The fourth-order valence-corrected chi connectivity index (χ4v) is 2.24. The molecule has 3 rings (SSSR count). The molecule has 0 aliphatic carbocycles. The van der Waals surface area contributed by atoms with Gasteiger partial charge in [-0.3, -0.25) is 0 Å². The SMILES string of the molecule is CNc1nc(-c2cn3ccccc3n2)ncc1I. The number of halogens is 1. The lowest BCUT2D eigenvalue weighted by molar-refractivity contribution is 1.13. The van der Waals surface area contributed by atoms with Crippen molar-refractivity contribution in [2.45, 2.75) is 0 Å². The number of anilines is 1. The van der Waals surface area contributed by atoms with Crippen molar-refractivity contribution >= 4 is 34.1 Å². The molecule has 0 unspecified atom stereocenters. The van der Waals surface area contributed by atoms with Crippen molar-refractivity contribution in [3.8, 4) is 11.5 Å². The summed E-state index contributed by atoms with van der Waals surface area (Å²) in [5, 5.41) is 3.05. The Morgan fingerprint density at radius 1 is 1.28 bits per heavy atom. The van der Waals surface area contributed by atoms with E-state index in [0.29, 0.717) is 5.82 Å². The smallest absolute Gasteiger partial charge is 0.181 e. The first-order valence-corrected chi connectivity index (χ1v) is 6.50. The fraction of sp³-hybridized carbons (Fsp3) is 0.0833. The van der Waals surface area contributed by atoms with Crippen LogP contribution in [-0.2, 0) is 0 Å². The monoisotopic (exact) mass is 351 g/mol. The average molecular weight is 351 g/mol. The highest BCUT2D eigenvalue weighted by molar-refractivity contribution is 14.1. The molecule has 3 aromatic rings. The van der Waals surface area contributed by atoms with Crippen LogP contribution in [0, 0.1) is 3.57 Å². The minimum Gasteiger partial charge on any atom is -0.372 e. The van der Waals surface area contributed by atoms with E-state index in [1.165, 1.54) is 0 Å². The first-order chi connectivity index (χ1) is 8.78. The summed E-state index contributed by atoms with van der Waals surface area (Å²) in [4.78, 5) is 13.3. The standard InChI is InChI=1S/C12H10IN5/c1-14-11-8(13)6-15-12(17-11)9-7-18-5-3-2-4-10(18)16-9/h2-7H,1H3,(H,14,15,17). The molecule has 0 amide bonds. The van der Waals surface area contributed by atoms with Crippen molar-refractivity contribution < 1.29 is 0 Å². The van der Waals surface area contributed by atoms with Gasteiger partial charge in [-0.05, 0) is 34.7 Å². The Morgan fingerprint density at radius 2 is 2.17 bits per heavy atom. The third-order valence-corrected chi connectivity index (χ3v) is 3.36. The molecule has 0 saturated heterocycles. The molecule has 0 aliphatic rings. The molecule has 0 saturated carbocycles. The van der Waals surface area contributed by atoms with Crippen LogP contribution in [0.1, 0.15) is 0 Å². The Morgan fingerprint density at radius 3 is 2.94 bits per heavy atom. The maximum atomic E-state index is 4.50. The van der Waals surface area contributed by atoms with E-state index in [1.54, 1.807) is 6.20 Å². The number of nitrogens with one attached hydrogen (secondary N) is 1. The Hall–Kier alpha value is -1.70. The Balaban J connectivity index is 2.13. The molecule has 0 fully saturated rings. The van der Waals surface area contributed by atoms with E-state index in [2.05, 4.69) is 42.9 Å². The maximum Gasteiger partial charge on any atom is 0.181 e. The van der Waals surface area contributed by atoms with Crippen molar-refractivity contribution in [1.82, 2.24) is 19.4 Å².